The summed E-state index contributed by atoms with van der Waals surface area (Å²) in [6.45, 7) is 0.0106. The van der Waals surface area contributed by atoms with Crippen LogP contribution in [0.3, 0.4) is 0 Å². The van der Waals surface area contributed by atoms with E-state index >= 15 is 0 Å². The van der Waals surface area contributed by atoms with E-state index in [0.29, 0.717) is 27.5 Å². The Balaban J connectivity index is 1.91. The minimum absolute atomic E-state index is 0.0106. The smallest absolute Gasteiger partial charge is 0.193 e. The second-order valence-corrected chi connectivity index (χ2v) is 7.96. The molecule has 27 heavy (non-hydrogen) atoms. The molecule has 1 heterocycles. The van der Waals surface area contributed by atoms with Gasteiger partial charge in [-0.15, -0.1) is 0 Å². The van der Waals surface area contributed by atoms with Gasteiger partial charge in [-0.2, -0.15) is 0 Å². The first-order valence-electron chi connectivity index (χ1n) is 8.55. The molecule has 0 radical (unpaired) electrons. The van der Waals surface area contributed by atoms with Gasteiger partial charge in [0.05, 0.1) is 23.5 Å². The van der Waals surface area contributed by atoms with Crippen LogP contribution in [-0.2, 0) is 15.5 Å². The SMILES string of the molecule is COc1ccc(C2(S(=O)c3ccccc3)COc3ccccc3C2=O)cc1. The molecule has 2 unspecified atom stereocenters. The Kier molecular flexibility index (Phi) is 4.54. The van der Waals surface area contributed by atoms with E-state index in [0.717, 1.165) is 0 Å². The molecule has 0 aliphatic carbocycles. The molecule has 3 aromatic rings. The second kappa shape index (κ2) is 7.00. The van der Waals surface area contributed by atoms with Gasteiger partial charge < -0.3 is 9.47 Å². The number of ether oxygens (including phenoxy) is 2. The summed E-state index contributed by atoms with van der Waals surface area (Å²) in [5.41, 5.74) is 1.09. The molecule has 0 N–H and O–H groups in total. The molecule has 0 fully saturated rings. The number of ketones is 1. The van der Waals surface area contributed by atoms with Crippen molar-refractivity contribution >= 4 is 16.6 Å². The number of fused-ring (bicyclic) bond motifs is 1. The molecule has 3 aromatic carbocycles. The van der Waals surface area contributed by atoms with E-state index in [1.807, 2.05) is 24.3 Å². The summed E-state index contributed by atoms with van der Waals surface area (Å²) in [4.78, 5) is 14.2. The first-order chi connectivity index (χ1) is 13.2. The predicted molar refractivity (Wildman–Crippen MR) is 104 cm³/mol. The van der Waals surface area contributed by atoms with Gasteiger partial charge in [-0.1, -0.05) is 42.5 Å². The van der Waals surface area contributed by atoms with E-state index in [2.05, 4.69) is 0 Å². The fourth-order valence-corrected chi connectivity index (χ4v) is 4.91. The van der Waals surface area contributed by atoms with E-state index in [9.17, 15) is 9.00 Å². The summed E-state index contributed by atoms with van der Waals surface area (Å²) >= 11 is 0. The lowest BCUT2D eigenvalue weighted by Gasteiger charge is -2.36. The van der Waals surface area contributed by atoms with Crippen LogP contribution in [0.4, 0.5) is 0 Å². The van der Waals surface area contributed by atoms with Crippen molar-refractivity contribution in [2.45, 2.75) is 9.64 Å². The number of Topliss-reactive ketones (excluding diaryl/α,β-unsaturated/α-hetero) is 1. The minimum atomic E-state index is -1.64. The number of rotatable bonds is 4. The van der Waals surface area contributed by atoms with Crippen LogP contribution in [0.5, 0.6) is 11.5 Å². The molecule has 1 aliphatic heterocycles. The number of para-hydroxylation sites is 1. The van der Waals surface area contributed by atoms with Crippen molar-refractivity contribution in [3.63, 3.8) is 0 Å². The van der Waals surface area contributed by atoms with E-state index in [1.54, 1.807) is 61.7 Å². The number of methoxy groups -OCH3 is 1. The summed E-state index contributed by atoms with van der Waals surface area (Å²) < 4.78 is 23.5. The summed E-state index contributed by atoms with van der Waals surface area (Å²) in [5, 5.41) is 0. The average Bonchev–Trinajstić information content (AvgIpc) is 2.75. The van der Waals surface area contributed by atoms with Crippen molar-refractivity contribution in [1.82, 2.24) is 0 Å². The molecular formula is C22H18O4S. The van der Waals surface area contributed by atoms with Crippen molar-refractivity contribution in [2.24, 2.45) is 0 Å². The Labute approximate surface area is 160 Å². The number of hydrogen-bond donors (Lipinski definition) is 0. The molecule has 0 amide bonds. The molecule has 136 valence electrons. The molecule has 5 heteroatoms. The van der Waals surface area contributed by atoms with Crippen molar-refractivity contribution < 1.29 is 18.5 Å². The zero-order valence-electron chi connectivity index (χ0n) is 14.8. The minimum Gasteiger partial charge on any atom is -0.497 e. The largest absolute Gasteiger partial charge is 0.497 e. The number of carbonyl (C=O) groups excluding carboxylic acids is 1. The summed E-state index contributed by atoms with van der Waals surface area (Å²) in [5.74, 6) is 0.998. The molecule has 4 nitrogen and oxygen atoms in total. The van der Waals surface area contributed by atoms with Gasteiger partial charge in [0.1, 0.15) is 18.1 Å². The molecule has 2 atom stereocenters. The lowest BCUT2D eigenvalue weighted by molar-refractivity contribution is 0.0863. The first-order valence-corrected chi connectivity index (χ1v) is 9.70. The number of hydrogen-bond acceptors (Lipinski definition) is 4. The van der Waals surface area contributed by atoms with Gasteiger partial charge >= 0.3 is 0 Å². The maximum atomic E-state index is 13.7. The molecule has 0 saturated heterocycles. The van der Waals surface area contributed by atoms with Gasteiger partial charge in [0, 0.05) is 4.90 Å². The van der Waals surface area contributed by atoms with Crippen molar-refractivity contribution in [2.75, 3.05) is 13.7 Å². The molecular weight excluding hydrogens is 360 g/mol. The van der Waals surface area contributed by atoms with Crippen LogP contribution in [-0.4, -0.2) is 23.7 Å². The topological polar surface area (TPSA) is 52.6 Å². The third-order valence-corrected chi connectivity index (χ3v) is 6.63. The fraction of sp³-hybridized carbons (Fsp3) is 0.136. The third-order valence-electron chi connectivity index (χ3n) is 4.76. The van der Waals surface area contributed by atoms with Gasteiger partial charge in [-0.05, 0) is 42.0 Å². The van der Waals surface area contributed by atoms with Crippen LogP contribution in [0.15, 0.2) is 83.8 Å². The Morgan fingerprint density at radius 1 is 0.926 bits per heavy atom. The van der Waals surface area contributed by atoms with Gasteiger partial charge in [0.25, 0.3) is 0 Å². The van der Waals surface area contributed by atoms with Gasteiger partial charge in [0.15, 0.2) is 10.5 Å². The van der Waals surface area contributed by atoms with Gasteiger partial charge in [-0.25, -0.2) is 0 Å². The lowest BCUT2D eigenvalue weighted by Crippen LogP contribution is -2.48. The van der Waals surface area contributed by atoms with E-state index < -0.39 is 15.5 Å². The highest BCUT2D eigenvalue weighted by atomic mass is 32.2. The standard InChI is InChI=1S/C22H18O4S/c1-25-17-13-11-16(12-14-17)22(27(24)18-7-3-2-4-8-18)15-26-20-10-6-5-9-19(20)21(22)23/h2-14H,15H2,1H3. The Morgan fingerprint density at radius 2 is 1.59 bits per heavy atom. The fourth-order valence-electron chi connectivity index (χ4n) is 3.31. The van der Waals surface area contributed by atoms with Crippen LogP contribution in [0.25, 0.3) is 0 Å². The van der Waals surface area contributed by atoms with E-state index in [-0.39, 0.29) is 12.4 Å². The van der Waals surface area contributed by atoms with Crippen molar-refractivity contribution in [1.29, 1.82) is 0 Å². The lowest BCUT2D eigenvalue weighted by atomic mass is 9.88. The summed E-state index contributed by atoms with van der Waals surface area (Å²) in [6.07, 6.45) is 0. The van der Waals surface area contributed by atoms with Crippen LogP contribution in [0, 0.1) is 0 Å². The zero-order chi connectivity index (χ0) is 18.9. The summed E-state index contributed by atoms with van der Waals surface area (Å²) in [7, 11) is -0.0594. The second-order valence-electron chi connectivity index (χ2n) is 6.25. The maximum Gasteiger partial charge on any atom is 0.193 e. The predicted octanol–water partition coefficient (Wildman–Crippen LogP) is 3.97. The zero-order valence-corrected chi connectivity index (χ0v) is 15.6. The molecule has 0 aromatic heterocycles. The molecule has 0 bridgehead atoms. The van der Waals surface area contributed by atoms with Crippen molar-refractivity contribution in [3.05, 3.63) is 90.0 Å². The van der Waals surface area contributed by atoms with Gasteiger partial charge in [-0.3, -0.25) is 9.00 Å². The summed E-state index contributed by atoms with van der Waals surface area (Å²) in [6, 6.07) is 23.2. The van der Waals surface area contributed by atoms with E-state index in [4.69, 9.17) is 9.47 Å². The van der Waals surface area contributed by atoms with Crippen LogP contribution in [0.1, 0.15) is 15.9 Å². The van der Waals surface area contributed by atoms with Crippen LogP contribution < -0.4 is 9.47 Å². The van der Waals surface area contributed by atoms with Crippen LogP contribution >= 0.6 is 0 Å². The highest BCUT2D eigenvalue weighted by Gasteiger charge is 2.51. The van der Waals surface area contributed by atoms with E-state index in [1.165, 1.54) is 0 Å². The Bertz CT molecular complexity index is 998. The normalized spacial score (nSPS) is 19.7. The Hall–Kier alpha value is -2.92. The van der Waals surface area contributed by atoms with Gasteiger partial charge in [0.2, 0.25) is 0 Å². The highest BCUT2D eigenvalue weighted by molar-refractivity contribution is 7.87. The third kappa shape index (κ3) is 2.84. The monoisotopic (exact) mass is 378 g/mol. The maximum absolute atomic E-state index is 13.7. The molecule has 0 saturated carbocycles. The molecule has 1 aliphatic rings. The quantitative estimate of drug-likeness (QED) is 0.689. The Morgan fingerprint density at radius 3 is 2.30 bits per heavy atom. The number of benzene rings is 3. The highest BCUT2D eigenvalue weighted by Crippen LogP contribution is 2.42. The number of carbonyl (C=O) groups is 1. The van der Waals surface area contributed by atoms with Crippen LogP contribution in [0.2, 0.25) is 0 Å². The first kappa shape index (κ1) is 17.5. The molecule has 4 rings (SSSR count). The molecule has 0 spiro atoms. The average molecular weight is 378 g/mol. The van der Waals surface area contributed by atoms with Crippen molar-refractivity contribution in [3.8, 4) is 11.5 Å².